The van der Waals surface area contributed by atoms with Crippen LogP contribution in [0.2, 0.25) is 0 Å². The van der Waals surface area contributed by atoms with E-state index in [4.69, 9.17) is 0 Å². The van der Waals surface area contributed by atoms with E-state index in [0.717, 1.165) is 49.9 Å². The van der Waals surface area contributed by atoms with Crippen LogP contribution in [0.15, 0.2) is 24.8 Å². The van der Waals surface area contributed by atoms with E-state index in [1.807, 2.05) is 44.4 Å². The fourth-order valence-corrected chi connectivity index (χ4v) is 2.90. The molecular weight excluding hydrogens is 302 g/mol. The third kappa shape index (κ3) is 4.38. The molecule has 2 aromatic heterocycles. The van der Waals surface area contributed by atoms with E-state index < -0.39 is 0 Å². The van der Waals surface area contributed by atoms with Gasteiger partial charge in [0.25, 0.3) is 0 Å². The second-order valence-corrected chi connectivity index (χ2v) is 6.53. The van der Waals surface area contributed by atoms with Crippen molar-refractivity contribution in [2.45, 2.75) is 32.4 Å². The van der Waals surface area contributed by atoms with Gasteiger partial charge in [-0.05, 0) is 19.8 Å². The lowest BCUT2D eigenvalue weighted by Crippen LogP contribution is -2.38. The minimum absolute atomic E-state index is 0.475. The zero-order valence-electron chi connectivity index (χ0n) is 14.6. The number of anilines is 2. The molecule has 1 aliphatic heterocycles. The van der Waals surface area contributed by atoms with Crippen molar-refractivity contribution >= 4 is 11.8 Å². The number of hydrogen-bond donors (Lipinski definition) is 1. The molecule has 24 heavy (non-hydrogen) atoms. The third-order valence-corrected chi connectivity index (χ3v) is 4.24. The van der Waals surface area contributed by atoms with Crippen molar-refractivity contribution in [2.24, 2.45) is 0 Å². The molecule has 3 heterocycles. The molecule has 0 aromatic carbocycles. The van der Waals surface area contributed by atoms with Gasteiger partial charge in [-0.3, -0.25) is 4.90 Å². The molecule has 0 atom stereocenters. The summed E-state index contributed by atoms with van der Waals surface area (Å²) in [5.74, 6) is 1.68. The van der Waals surface area contributed by atoms with E-state index in [0.29, 0.717) is 6.04 Å². The number of aromatic nitrogens is 4. The van der Waals surface area contributed by atoms with Gasteiger partial charge in [0.15, 0.2) is 0 Å². The predicted molar refractivity (Wildman–Crippen MR) is 95.0 cm³/mol. The fraction of sp³-hybridized carbons (Fsp3) is 0.529. The van der Waals surface area contributed by atoms with Crippen LogP contribution in [-0.4, -0.2) is 58.1 Å². The molecule has 2 aromatic rings. The second-order valence-electron chi connectivity index (χ2n) is 6.53. The summed E-state index contributed by atoms with van der Waals surface area (Å²) in [6.07, 6.45) is 7.69. The normalized spacial score (nSPS) is 16.1. The highest BCUT2D eigenvalue weighted by Gasteiger charge is 2.19. The topological polar surface area (TPSA) is 70.1 Å². The Hall–Kier alpha value is -2.28. The minimum Gasteiger partial charge on any atom is -0.367 e. The van der Waals surface area contributed by atoms with Gasteiger partial charge < -0.3 is 10.2 Å². The van der Waals surface area contributed by atoms with Crippen LogP contribution in [0.3, 0.4) is 0 Å². The largest absolute Gasteiger partial charge is 0.367 e. The SMILES string of the molecule is Cc1cc(NC2CCN(Cc3cnc(N(C)C)nc3)CC2)ncn1. The maximum absolute atomic E-state index is 4.38. The third-order valence-electron chi connectivity index (χ3n) is 4.24. The van der Waals surface area contributed by atoms with E-state index >= 15 is 0 Å². The van der Waals surface area contributed by atoms with Gasteiger partial charge in [0.2, 0.25) is 5.95 Å². The summed E-state index contributed by atoms with van der Waals surface area (Å²) in [4.78, 5) is 21.6. The van der Waals surface area contributed by atoms with E-state index in [-0.39, 0.29) is 0 Å². The van der Waals surface area contributed by atoms with Crippen LogP contribution in [0.1, 0.15) is 24.1 Å². The smallest absolute Gasteiger partial charge is 0.224 e. The molecule has 7 nitrogen and oxygen atoms in total. The average molecular weight is 327 g/mol. The standard InChI is InChI=1S/C17H25N7/c1-13-8-16(21-12-20-13)22-15-4-6-24(7-5-15)11-14-9-18-17(19-10-14)23(2)3/h8-10,12,15H,4-7,11H2,1-3H3,(H,20,21,22). The molecule has 7 heteroatoms. The first-order chi connectivity index (χ1) is 11.6. The van der Waals surface area contributed by atoms with Crippen molar-refractivity contribution in [3.05, 3.63) is 36.0 Å². The van der Waals surface area contributed by atoms with Crippen LogP contribution >= 0.6 is 0 Å². The van der Waals surface area contributed by atoms with E-state index in [9.17, 15) is 0 Å². The van der Waals surface area contributed by atoms with Crippen LogP contribution in [0.5, 0.6) is 0 Å². The lowest BCUT2D eigenvalue weighted by Gasteiger charge is -2.32. The molecular formula is C17H25N7. The average Bonchev–Trinajstić information content (AvgIpc) is 2.57. The van der Waals surface area contributed by atoms with Gasteiger partial charge >= 0.3 is 0 Å². The lowest BCUT2D eigenvalue weighted by molar-refractivity contribution is 0.211. The summed E-state index contributed by atoms with van der Waals surface area (Å²) in [5, 5.41) is 3.52. The Morgan fingerprint density at radius 1 is 1.12 bits per heavy atom. The quantitative estimate of drug-likeness (QED) is 0.896. The molecule has 0 aliphatic carbocycles. The van der Waals surface area contributed by atoms with Crippen molar-refractivity contribution in [3.63, 3.8) is 0 Å². The maximum atomic E-state index is 4.38. The first kappa shape index (κ1) is 16.6. The van der Waals surface area contributed by atoms with Crippen molar-refractivity contribution < 1.29 is 0 Å². The van der Waals surface area contributed by atoms with Crippen molar-refractivity contribution in [1.82, 2.24) is 24.8 Å². The van der Waals surface area contributed by atoms with Gasteiger partial charge in [0.05, 0.1) is 0 Å². The summed E-state index contributed by atoms with van der Waals surface area (Å²) in [7, 11) is 3.90. The van der Waals surface area contributed by atoms with Crippen LogP contribution in [0.4, 0.5) is 11.8 Å². The lowest BCUT2D eigenvalue weighted by atomic mass is 10.0. The predicted octanol–water partition coefficient (Wildman–Crippen LogP) is 1.72. The summed E-state index contributed by atoms with van der Waals surface area (Å²) >= 11 is 0. The highest BCUT2D eigenvalue weighted by Crippen LogP contribution is 2.17. The Morgan fingerprint density at radius 2 is 1.83 bits per heavy atom. The highest BCUT2D eigenvalue weighted by atomic mass is 15.2. The molecule has 3 rings (SSSR count). The summed E-state index contributed by atoms with van der Waals surface area (Å²) in [6, 6.07) is 2.47. The Morgan fingerprint density at radius 3 is 2.46 bits per heavy atom. The Balaban J connectivity index is 1.48. The van der Waals surface area contributed by atoms with Crippen LogP contribution in [0, 0.1) is 6.92 Å². The monoisotopic (exact) mass is 327 g/mol. The molecule has 0 amide bonds. The van der Waals surface area contributed by atoms with Gasteiger partial charge in [-0.15, -0.1) is 0 Å². The summed E-state index contributed by atoms with van der Waals surface area (Å²) in [6.45, 7) is 5.03. The highest BCUT2D eigenvalue weighted by molar-refractivity contribution is 5.35. The number of hydrogen-bond acceptors (Lipinski definition) is 7. The molecule has 0 bridgehead atoms. The number of aryl methyl sites for hydroxylation is 1. The second kappa shape index (κ2) is 7.53. The van der Waals surface area contributed by atoms with Gasteiger partial charge in [-0.1, -0.05) is 0 Å². The molecule has 0 saturated carbocycles. The number of likely N-dealkylation sites (tertiary alicyclic amines) is 1. The van der Waals surface area contributed by atoms with E-state index in [2.05, 4.69) is 30.2 Å². The zero-order chi connectivity index (χ0) is 16.9. The Labute approximate surface area is 143 Å². The van der Waals surface area contributed by atoms with Crippen LogP contribution < -0.4 is 10.2 Å². The number of piperidine rings is 1. The van der Waals surface area contributed by atoms with Crippen molar-refractivity contribution in [1.29, 1.82) is 0 Å². The summed E-state index contributed by atoms with van der Waals surface area (Å²) < 4.78 is 0. The minimum atomic E-state index is 0.475. The Bertz CT molecular complexity index is 648. The van der Waals surface area contributed by atoms with Gasteiger partial charge in [-0.2, -0.15) is 0 Å². The number of nitrogens with one attached hydrogen (secondary N) is 1. The molecule has 1 aliphatic rings. The van der Waals surface area contributed by atoms with Crippen molar-refractivity contribution in [2.75, 3.05) is 37.4 Å². The molecule has 1 N–H and O–H groups in total. The van der Waals surface area contributed by atoms with Crippen LogP contribution in [-0.2, 0) is 6.54 Å². The molecule has 1 fully saturated rings. The van der Waals surface area contributed by atoms with Gasteiger partial charge in [-0.25, -0.2) is 19.9 Å². The van der Waals surface area contributed by atoms with Gasteiger partial charge in [0, 0.05) is 69.5 Å². The summed E-state index contributed by atoms with van der Waals surface area (Å²) in [5.41, 5.74) is 2.16. The first-order valence-corrected chi connectivity index (χ1v) is 8.36. The molecule has 0 spiro atoms. The van der Waals surface area contributed by atoms with E-state index in [1.165, 1.54) is 5.56 Å². The zero-order valence-corrected chi connectivity index (χ0v) is 14.6. The Kier molecular flexibility index (Phi) is 5.20. The maximum Gasteiger partial charge on any atom is 0.224 e. The van der Waals surface area contributed by atoms with E-state index in [1.54, 1.807) is 6.33 Å². The fourth-order valence-electron chi connectivity index (χ4n) is 2.90. The first-order valence-electron chi connectivity index (χ1n) is 8.36. The molecule has 0 unspecified atom stereocenters. The molecule has 1 saturated heterocycles. The molecule has 0 radical (unpaired) electrons. The molecule has 128 valence electrons. The van der Waals surface area contributed by atoms with Gasteiger partial charge in [0.1, 0.15) is 12.1 Å². The number of rotatable bonds is 5. The van der Waals surface area contributed by atoms with Crippen molar-refractivity contribution in [3.8, 4) is 0 Å². The number of nitrogens with zero attached hydrogens (tertiary/aromatic N) is 6. The van der Waals surface area contributed by atoms with Crippen LogP contribution in [0.25, 0.3) is 0 Å².